The average molecular weight is 540 g/mol. The van der Waals surface area contributed by atoms with Gasteiger partial charge in [0.15, 0.2) is 5.69 Å². The van der Waals surface area contributed by atoms with E-state index in [2.05, 4.69) is 30.3 Å². The van der Waals surface area contributed by atoms with Crippen LogP contribution in [0.4, 0.5) is 0 Å². The van der Waals surface area contributed by atoms with Crippen molar-refractivity contribution in [1.29, 1.82) is 0 Å². The van der Waals surface area contributed by atoms with Gasteiger partial charge >= 0.3 is 5.97 Å². The van der Waals surface area contributed by atoms with Crippen LogP contribution in [0.5, 0.6) is 5.75 Å². The zero-order chi connectivity index (χ0) is 27.1. The molecule has 5 aromatic rings. The second-order valence-corrected chi connectivity index (χ2v) is 11.1. The molecule has 0 radical (unpaired) electrons. The van der Waals surface area contributed by atoms with E-state index in [1.165, 1.54) is 21.1 Å². The van der Waals surface area contributed by atoms with Crippen molar-refractivity contribution in [3.8, 4) is 16.2 Å². The summed E-state index contributed by atoms with van der Waals surface area (Å²) in [5.41, 5.74) is 4.62. The summed E-state index contributed by atoms with van der Waals surface area (Å²) in [6, 6.07) is 21.8. The van der Waals surface area contributed by atoms with Crippen molar-refractivity contribution in [2.45, 2.75) is 32.1 Å². The maximum Gasteiger partial charge on any atom is 0.354 e. The SMILES string of the molecule is COCCOc1ccc(-c2sc3c(C4CC4)c(Cc4cccc5ccccc45)cc(=O)n3c2C(=O)O)cc1C. The number of benzene rings is 3. The van der Waals surface area contributed by atoms with E-state index in [0.29, 0.717) is 30.4 Å². The van der Waals surface area contributed by atoms with Crippen molar-refractivity contribution in [3.63, 3.8) is 0 Å². The number of thiazole rings is 1. The molecule has 7 heteroatoms. The molecule has 0 unspecified atom stereocenters. The molecule has 1 N–H and O–H groups in total. The van der Waals surface area contributed by atoms with Crippen molar-refractivity contribution in [3.05, 3.63) is 105 Å². The lowest BCUT2D eigenvalue weighted by Gasteiger charge is -2.13. The van der Waals surface area contributed by atoms with Gasteiger partial charge in [-0.1, -0.05) is 42.5 Å². The number of hydrogen-bond donors (Lipinski definition) is 1. The summed E-state index contributed by atoms with van der Waals surface area (Å²) in [5.74, 6) is -0.0565. The highest BCUT2D eigenvalue weighted by atomic mass is 32.1. The van der Waals surface area contributed by atoms with Crippen LogP contribution in [0, 0.1) is 6.92 Å². The van der Waals surface area contributed by atoms with Gasteiger partial charge in [-0.25, -0.2) is 4.79 Å². The molecule has 0 aliphatic heterocycles. The molecule has 0 spiro atoms. The Kier molecular flexibility index (Phi) is 6.71. The largest absolute Gasteiger partial charge is 0.491 e. The highest BCUT2D eigenvalue weighted by Gasteiger charge is 2.32. The van der Waals surface area contributed by atoms with Gasteiger partial charge in [0, 0.05) is 13.2 Å². The molecule has 2 heterocycles. The minimum atomic E-state index is -1.11. The molecule has 6 rings (SSSR count). The summed E-state index contributed by atoms with van der Waals surface area (Å²) < 4.78 is 12.3. The van der Waals surface area contributed by atoms with Crippen LogP contribution in [-0.2, 0) is 11.2 Å². The Bertz CT molecular complexity index is 1770. The van der Waals surface area contributed by atoms with Gasteiger partial charge in [-0.05, 0) is 88.9 Å². The van der Waals surface area contributed by atoms with E-state index in [4.69, 9.17) is 9.47 Å². The Balaban J connectivity index is 1.50. The number of carboxylic acids is 1. The Morgan fingerprint density at radius 3 is 2.56 bits per heavy atom. The van der Waals surface area contributed by atoms with E-state index >= 15 is 0 Å². The molecule has 0 saturated heterocycles. The summed E-state index contributed by atoms with van der Waals surface area (Å²) in [7, 11) is 1.62. The minimum absolute atomic E-state index is 0.0195. The topological polar surface area (TPSA) is 77.2 Å². The van der Waals surface area contributed by atoms with E-state index in [1.54, 1.807) is 13.2 Å². The number of aromatic nitrogens is 1. The van der Waals surface area contributed by atoms with Crippen LogP contribution in [-0.4, -0.2) is 35.8 Å². The third-order valence-corrected chi connectivity index (χ3v) is 8.60. The van der Waals surface area contributed by atoms with Gasteiger partial charge in [-0.2, -0.15) is 0 Å². The zero-order valence-corrected chi connectivity index (χ0v) is 22.7. The van der Waals surface area contributed by atoms with Gasteiger partial charge in [0.05, 0.1) is 11.5 Å². The molecule has 0 bridgehead atoms. The van der Waals surface area contributed by atoms with E-state index < -0.39 is 5.97 Å². The third kappa shape index (κ3) is 4.73. The second-order valence-electron chi connectivity index (χ2n) is 10.1. The second kappa shape index (κ2) is 10.3. The van der Waals surface area contributed by atoms with Crippen LogP contribution in [0.15, 0.2) is 71.5 Å². The molecule has 0 atom stereocenters. The molecule has 3 aromatic carbocycles. The van der Waals surface area contributed by atoms with Gasteiger partial charge in [0.1, 0.15) is 17.2 Å². The van der Waals surface area contributed by atoms with Crippen LogP contribution in [0.2, 0.25) is 0 Å². The number of aryl methyl sites for hydroxylation is 1. The maximum absolute atomic E-state index is 13.6. The molecular formula is C32H29NO5S. The van der Waals surface area contributed by atoms with Crippen LogP contribution < -0.4 is 10.3 Å². The van der Waals surface area contributed by atoms with Crippen LogP contribution in [0.1, 0.15) is 51.5 Å². The number of nitrogens with zero attached hydrogens (tertiary/aromatic N) is 1. The van der Waals surface area contributed by atoms with Gasteiger partial charge in [-0.3, -0.25) is 9.20 Å². The van der Waals surface area contributed by atoms with E-state index in [1.807, 2.05) is 37.3 Å². The van der Waals surface area contributed by atoms with Crippen molar-refractivity contribution >= 4 is 32.9 Å². The Morgan fingerprint density at radius 2 is 1.82 bits per heavy atom. The number of pyridine rings is 1. The van der Waals surface area contributed by atoms with Gasteiger partial charge in [0.25, 0.3) is 5.56 Å². The first-order valence-corrected chi connectivity index (χ1v) is 13.9. The number of methoxy groups -OCH3 is 1. The highest BCUT2D eigenvalue weighted by Crippen LogP contribution is 2.47. The lowest BCUT2D eigenvalue weighted by Crippen LogP contribution is -2.19. The quantitative estimate of drug-likeness (QED) is 0.211. The zero-order valence-electron chi connectivity index (χ0n) is 21.9. The monoisotopic (exact) mass is 539 g/mol. The number of ether oxygens (including phenoxy) is 2. The van der Waals surface area contributed by atoms with Crippen LogP contribution in [0.25, 0.3) is 26.0 Å². The number of rotatable bonds is 9. The minimum Gasteiger partial charge on any atom is -0.491 e. The van der Waals surface area contributed by atoms with E-state index in [9.17, 15) is 14.7 Å². The van der Waals surface area contributed by atoms with Crippen LogP contribution in [0.3, 0.4) is 0 Å². The molecule has 2 aromatic heterocycles. The fourth-order valence-corrected chi connectivity index (χ4v) is 6.78. The number of carbonyl (C=O) groups is 1. The molecule has 1 aliphatic carbocycles. The van der Waals surface area contributed by atoms with Crippen molar-refractivity contribution < 1.29 is 19.4 Å². The number of carboxylic acid groups (broad SMARTS) is 1. The first-order valence-electron chi connectivity index (χ1n) is 13.1. The predicted octanol–water partition coefficient (Wildman–Crippen LogP) is 6.68. The molecule has 1 fully saturated rings. The van der Waals surface area contributed by atoms with Crippen LogP contribution >= 0.6 is 11.3 Å². The van der Waals surface area contributed by atoms with Crippen molar-refractivity contribution in [2.75, 3.05) is 20.3 Å². The lowest BCUT2D eigenvalue weighted by atomic mass is 9.95. The predicted molar refractivity (Wildman–Crippen MR) is 155 cm³/mol. The smallest absolute Gasteiger partial charge is 0.354 e. The van der Waals surface area contributed by atoms with Gasteiger partial charge < -0.3 is 14.6 Å². The van der Waals surface area contributed by atoms with Gasteiger partial charge in [-0.15, -0.1) is 11.3 Å². The van der Waals surface area contributed by atoms with Crippen molar-refractivity contribution in [1.82, 2.24) is 4.40 Å². The Hall–Kier alpha value is -3.94. The van der Waals surface area contributed by atoms with E-state index in [0.717, 1.165) is 56.6 Å². The Labute approximate surface area is 230 Å². The Morgan fingerprint density at radius 1 is 1.03 bits per heavy atom. The summed E-state index contributed by atoms with van der Waals surface area (Å²) in [6.45, 7) is 2.84. The molecule has 39 heavy (non-hydrogen) atoms. The molecule has 198 valence electrons. The molecule has 6 nitrogen and oxygen atoms in total. The summed E-state index contributed by atoms with van der Waals surface area (Å²) >= 11 is 1.40. The molecular weight excluding hydrogens is 510 g/mol. The first kappa shape index (κ1) is 25.3. The first-order chi connectivity index (χ1) is 19.0. The fourth-order valence-electron chi connectivity index (χ4n) is 5.39. The summed E-state index contributed by atoms with van der Waals surface area (Å²) in [4.78, 5) is 27.5. The lowest BCUT2D eigenvalue weighted by molar-refractivity contribution is 0.0690. The molecule has 1 saturated carbocycles. The summed E-state index contributed by atoms with van der Waals surface area (Å²) in [5, 5.41) is 12.6. The van der Waals surface area contributed by atoms with Crippen molar-refractivity contribution in [2.24, 2.45) is 0 Å². The number of fused-ring (bicyclic) bond motifs is 2. The average Bonchev–Trinajstić information content (AvgIpc) is 3.67. The fraction of sp³-hybridized carbons (Fsp3) is 0.250. The van der Waals surface area contributed by atoms with Gasteiger partial charge in [0.2, 0.25) is 0 Å². The number of aromatic carboxylic acids is 1. The third-order valence-electron chi connectivity index (χ3n) is 7.37. The number of hydrogen-bond acceptors (Lipinski definition) is 5. The maximum atomic E-state index is 13.6. The molecule has 1 aliphatic rings. The highest BCUT2D eigenvalue weighted by molar-refractivity contribution is 7.21. The van der Waals surface area contributed by atoms with E-state index in [-0.39, 0.29) is 11.3 Å². The normalized spacial score (nSPS) is 13.3. The standard InChI is InChI=1S/C32H29NO5S/c1-19-16-23(12-13-26(19)38-15-14-37-2)30-29(32(35)36)33-27(34)18-24(28(21-10-11-21)31(33)39-30)17-22-8-5-7-20-6-3-4-9-25(20)22/h3-9,12-13,16,18,21H,10-11,14-15,17H2,1-2H3,(H,35,36). The summed E-state index contributed by atoms with van der Waals surface area (Å²) in [6.07, 6.45) is 2.71. The molecule has 0 amide bonds.